The fourth-order valence-electron chi connectivity index (χ4n) is 0.507. The topological polar surface area (TPSA) is 47.6 Å². The monoisotopic (exact) mass is 192 g/mol. The third kappa shape index (κ3) is 4.64. The van der Waals surface area contributed by atoms with Crippen molar-refractivity contribution in [2.45, 2.75) is 12.5 Å². The largest absolute Gasteiger partial charge is 0.238 e. The highest BCUT2D eigenvalue weighted by atomic mass is 35.7. The average Bonchev–Trinajstić information content (AvgIpc) is 1.86. The summed E-state index contributed by atoms with van der Waals surface area (Å²) in [4.78, 5) is 0. The standard InChI is InChI=1S/C5H6Cl2N2Si/c6-10(7)4-5(3-9)1-2-8/h5,10H,1,4H2. The average molecular weight is 193 g/mol. The van der Waals surface area contributed by atoms with Gasteiger partial charge in [0.15, 0.2) is 0 Å². The van der Waals surface area contributed by atoms with Gasteiger partial charge in [-0.15, -0.1) is 0 Å². The van der Waals surface area contributed by atoms with Gasteiger partial charge in [0, 0.05) is 0 Å². The lowest BCUT2D eigenvalue weighted by Crippen LogP contribution is -2.02. The van der Waals surface area contributed by atoms with Crippen molar-refractivity contribution in [1.29, 1.82) is 10.5 Å². The normalized spacial score (nSPS) is 12.1. The summed E-state index contributed by atoms with van der Waals surface area (Å²) in [5.41, 5.74) is 0. The molecule has 1 unspecified atom stereocenters. The quantitative estimate of drug-likeness (QED) is 0.506. The van der Waals surface area contributed by atoms with E-state index in [1.165, 1.54) is 0 Å². The molecule has 0 aromatic carbocycles. The van der Waals surface area contributed by atoms with Crippen LogP contribution in [-0.2, 0) is 0 Å². The Bertz CT molecular complexity index is 169. The lowest BCUT2D eigenvalue weighted by atomic mass is 10.1. The van der Waals surface area contributed by atoms with E-state index >= 15 is 0 Å². The molecule has 0 saturated carbocycles. The highest BCUT2D eigenvalue weighted by Crippen LogP contribution is 2.14. The number of nitriles is 2. The van der Waals surface area contributed by atoms with Crippen molar-refractivity contribution in [3.8, 4) is 12.1 Å². The minimum atomic E-state index is -1.71. The molecule has 2 nitrogen and oxygen atoms in total. The van der Waals surface area contributed by atoms with Gasteiger partial charge >= 0.3 is 0 Å². The summed E-state index contributed by atoms with van der Waals surface area (Å²) in [7, 11) is -1.71. The minimum Gasteiger partial charge on any atom is -0.198 e. The van der Waals surface area contributed by atoms with E-state index in [9.17, 15) is 0 Å². The molecule has 0 aliphatic rings. The molecule has 54 valence electrons. The second-order valence-corrected chi connectivity index (χ2v) is 6.90. The number of hydrogen-bond acceptors (Lipinski definition) is 2. The van der Waals surface area contributed by atoms with Gasteiger partial charge < -0.3 is 0 Å². The Hall–Kier alpha value is -0.223. The van der Waals surface area contributed by atoms with Crippen molar-refractivity contribution in [2.24, 2.45) is 5.92 Å². The maximum absolute atomic E-state index is 8.41. The molecule has 0 amide bonds. The summed E-state index contributed by atoms with van der Waals surface area (Å²) in [6.07, 6.45) is 0.236. The molecule has 10 heavy (non-hydrogen) atoms. The van der Waals surface area contributed by atoms with Crippen molar-refractivity contribution in [3.05, 3.63) is 0 Å². The van der Waals surface area contributed by atoms with Crippen molar-refractivity contribution in [2.75, 3.05) is 0 Å². The van der Waals surface area contributed by atoms with Crippen LogP contribution in [0, 0.1) is 28.6 Å². The molecule has 0 bridgehead atoms. The van der Waals surface area contributed by atoms with E-state index in [1.807, 2.05) is 12.1 Å². The zero-order chi connectivity index (χ0) is 7.98. The fraction of sp³-hybridized carbons (Fsp3) is 0.600. The highest BCUT2D eigenvalue weighted by molar-refractivity contribution is 7.33. The Morgan fingerprint density at radius 2 is 2.00 bits per heavy atom. The predicted molar refractivity (Wildman–Crippen MR) is 43.0 cm³/mol. The Balaban J connectivity index is 3.66. The molecule has 0 N–H and O–H groups in total. The highest BCUT2D eigenvalue weighted by Gasteiger charge is 2.12. The maximum Gasteiger partial charge on any atom is 0.238 e. The second-order valence-electron chi connectivity index (χ2n) is 1.82. The molecule has 5 heteroatoms. The van der Waals surface area contributed by atoms with Crippen LogP contribution in [0.5, 0.6) is 0 Å². The van der Waals surface area contributed by atoms with Crippen LogP contribution in [0.1, 0.15) is 6.42 Å². The van der Waals surface area contributed by atoms with Crippen LogP contribution in [0.4, 0.5) is 0 Å². The second kappa shape index (κ2) is 5.55. The first-order chi connectivity index (χ1) is 4.70. The molecule has 0 fully saturated rings. The van der Waals surface area contributed by atoms with E-state index in [-0.39, 0.29) is 12.3 Å². The van der Waals surface area contributed by atoms with Crippen LogP contribution in [0.25, 0.3) is 0 Å². The van der Waals surface area contributed by atoms with Crippen LogP contribution in [0.2, 0.25) is 6.04 Å². The molecule has 0 aliphatic heterocycles. The summed E-state index contributed by atoms with van der Waals surface area (Å²) >= 11 is 11.1. The van der Waals surface area contributed by atoms with Gasteiger partial charge in [0.2, 0.25) is 7.42 Å². The van der Waals surface area contributed by atoms with E-state index in [0.29, 0.717) is 6.04 Å². The molecule has 0 aromatic rings. The number of nitrogens with zero attached hydrogens (tertiary/aromatic N) is 2. The number of hydrogen-bond donors (Lipinski definition) is 0. The summed E-state index contributed by atoms with van der Waals surface area (Å²) < 4.78 is 0. The van der Waals surface area contributed by atoms with E-state index in [4.69, 9.17) is 32.7 Å². The molecule has 0 radical (unpaired) electrons. The number of halogens is 2. The zero-order valence-corrected chi connectivity index (χ0v) is 7.89. The maximum atomic E-state index is 8.41. The van der Waals surface area contributed by atoms with E-state index in [0.717, 1.165) is 0 Å². The summed E-state index contributed by atoms with van der Waals surface area (Å²) in [5.74, 6) is -0.267. The Morgan fingerprint density at radius 1 is 1.40 bits per heavy atom. The van der Waals surface area contributed by atoms with Crippen molar-refractivity contribution < 1.29 is 0 Å². The Morgan fingerprint density at radius 3 is 2.30 bits per heavy atom. The van der Waals surface area contributed by atoms with Gasteiger partial charge in [0.1, 0.15) is 0 Å². The van der Waals surface area contributed by atoms with Crippen molar-refractivity contribution >= 4 is 29.6 Å². The number of rotatable bonds is 3. The zero-order valence-electron chi connectivity index (χ0n) is 5.22. The molecule has 1 atom stereocenters. The lowest BCUT2D eigenvalue weighted by Gasteiger charge is -2.01. The molecule has 0 aliphatic carbocycles. The fourth-order valence-corrected chi connectivity index (χ4v) is 2.50. The van der Waals surface area contributed by atoms with Gasteiger partial charge in [0.25, 0.3) is 0 Å². The third-order valence-electron chi connectivity index (χ3n) is 0.983. The van der Waals surface area contributed by atoms with E-state index in [2.05, 4.69) is 0 Å². The minimum absolute atomic E-state index is 0.236. The van der Waals surface area contributed by atoms with Gasteiger partial charge in [-0.25, -0.2) is 0 Å². The summed E-state index contributed by atoms with van der Waals surface area (Å²) in [6.45, 7) is 0. The first-order valence-electron chi connectivity index (χ1n) is 2.75. The summed E-state index contributed by atoms with van der Waals surface area (Å²) in [6, 6.07) is 4.39. The lowest BCUT2D eigenvalue weighted by molar-refractivity contribution is 0.765. The Labute approximate surface area is 71.0 Å². The van der Waals surface area contributed by atoms with Gasteiger partial charge in [-0.05, 0) is 6.04 Å². The molecule has 0 heterocycles. The molecule has 0 saturated heterocycles. The van der Waals surface area contributed by atoms with Gasteiger partial charge in [0.05, 0.1) is 24.5 Å². The smallest absolute Gasteiger partial charge is 0.198 e. The van der Waals surface area contributed by atoms with Crippen LogP contribution < -0.4 is 0 Å². The first kappa shape index (κ1) is 9.78. The predicted octanol–water partition coefficient (Wildman–Crippen LogP) is 1.74. The van der Waals surface area contributed by atoms with Crippen molar-refractivity contribution in [1.82, 2.24) is 0 Å². The SMILES string of the molecule is N#CCC(C#N)C[SiH](Cl)Cl. The summed E-state index contributed by atoms with van der Waals surface area (Å²) in [5, 5.41) is 16.6. The third-order valence-corrected chi connectivity index (χ3v) is 2.98. The van der Waals surface area contributed by atoms with Crippen molar-refractivity contribution in [3.63, 3.8) is 0 Å². The molecular weight excluding hydrogens is 187 g/mol. The van der Waals surface area contributed by atoms with Gasteiger partial charge in [-0.3, -0.25) is 0 Å². The van der Waals surface area contributed by atoms with Gasteiger partial charge in [-0.2, -0.15) is 32.7 Å². The van der Waals surface area contributed by atoms with Gasteiger partial charge in [-0.1, -0.05) is 0 Å². The first-order valence-corrected chi connectivity index (χ1v) is 7.06. The van der Waals surface area contributed by atoms with E-state index in [1.54, 1.807) is 0 Å². The molecule has 0 aromatic heterocycles. The van der Waals surface area contributed by atoms with Crippen LogP contribution in [0.3, 0.4) is 0 Å². The van der Waals surface area contributed by atoms with E-state index < -0.39 is 7.42 Å². The molecular formula is C5H6Cl2N2Si. The Kier molecular flexibility index (Phi) is 5.43. The molecule has 0 rings (SSSR count). The van der Waals surface area contributed by atoms with Crippen LogP contribution in [-0.4, -0.2) is 7.42 Å². The van der Waals surface area contributed by atoms with Crippen LogP contribution >= 0.6 is 22.2 Å². The molecule has 0 spiro atoms. The van der Waals surface area contributed by atoms with Crippen LogP contribution in [0.15, 0.2) is 0 Å².